The summed E-state index contributed by atoms with van der Waals surface area (Å²) in [5.74, 6) is -4.10. The first-order chi connectivity index (χ1) is 16.9. The summed E-state index contributed by atoms with van der Waals surface area (Å²) < 4.78 is 4.97. The van der Waals surface area contributed by atoms with Gasteiger partial charge in [0, 0.05) is 16.7 Å². The fourth-order valence-corrected chi connectivity index (χ4v) is 4.78. The fourth-order valence-electron chi connectivity index (χ4n) is 4.78. The van der Waals surface area contributed by atoms with Crippen molar-refractivity contribution in [3.63, 3.8) is 0 Å². The molecule has 0 aromatic heterocycles. The molecule has 1 fully saturated rings. The van der Waals surface area contributed by atoms with Gasteiger partial charge in [-0.1, -0.05) is 48.6 Å². The molecule has 3 aliphatic rings. The second-order valence-corrected chi connectivity index (χ2v) is 8.56. The number of allylic oxidation sites excluding steroid dienone is 2. The lowest BCUT2D eigenvalue weighted by atomic mass is 9.83. The summed E-state index contributed by atoms with van der Waals surface area (Å²) in [6.07, 6.45) is 4.60. The summed E-state index contributed by atoms with van der Waals surface area (Å²) in [4.78, 5) is 76.4. The molecule has 0 bridgehead atoms. The molecule has 0 saturated carbocycles. The second-order valence-electron chi connectivity index (χ2n) is 8.56. The van der Waals surface area contributed by atoms with Crippen molar-refractivity contribution < 1.29 is 33.5 Å². The van der Waals surface area contributed by atoms with Crippen LogP contribution in [0, 0.1) is 11.8 Å². The number of anilines is 1. The highest BCUT2D eigenvalue weighted by molar-refractivity contribution is 6.30. The molecule has 0 spiro atoms. The Hall–Kier alpha value is -4.40. The van der Waals surface area contributed by atoms with Gasteiger partial charge >= 0.3 is 5.97 Å². The minimum absolute atomic E-state index is 0.0698. The second kappa shape index (κ2) is 8.75. The highest BCUT2D eigenvalue weighted by atomic mass is 16.5. The van der Waals surface area contributed by atoms with Crippen molar-refractivity contribution in [3.05, 3.63) is 76.9 Å². The molecule has 3 amide bonds. The number of ketones is 2. The first-order valence-corrected chi connectivity index (χ1v) is 11.1. The zero-order valence-corrected chi connectivity index (χ0v) is 18.5. The van der Waals surface area contributed by atoms with Crippen LogP contribution in [0.2, 0.25) is 0 Å². The van der Waals surface area contributed by atoms with Crippen LogP contribution >= 0.6 is 0 Å². The number of hydrogen-bond acceptors (Lipinski definition) is 7. The van der Waals surface area contributed by atoms with Gasteiger partial charge in [-0.3, -0.25) is 33.7 Å². The smallest absolute Gasteiger partial charge is 0.326 e. The van der Waals surface area contributed by atoms with Gasteiger partial charge in [-0.25, -0.2) is 0 Å². The molecule has 5 rings (SSSR count). The summed E-state index contributed by atoms with van der Waals surface area (Å²) in [6.45, 7) is -1.26. The number of fused-ring (bicyclic) bond motifs is 3. The summed E-state index contributed by atoms with van der Waals surface area (Å²) in [6, 6.07) is 11.0. The van der Waals surface area contributed by atoms with Gasteiger partial charge < -0.3 is 10.1 Å². The van der Waals surface area contributed by atoms with E-state index in [4.69, 9.17) is 4.74 Å². The quantitative estimate of drug-likeness (QED) is 0.341. The van der Waals surface area contributed by atoms with Gasteiger partial charge in [-0.2, -0.15) is 0 Å². The number of benzene rings is 2. The number of esters is 1. The average molecular weight is 472 g/mol. The Balaban J connectivity index is 1.23. The Morgan fingerprint density at radius 3 is 2.09 bits per heavy atom. The largest absolute Gasteiger partial charge is 0.454 e. The van der Waals surface area contributed by atoms with E-state index in [1.165, 1.54) is 12.1 Å². The van der Waals surface area contributed by atoms with Crippen LogP contribution < -0.4 is 5.32 Å². The monoisotopic (exact) mass is 472 g/mol. The highest BCUT2D eigenvalue weighted by Gasteiger charge is 2.47. The van der Waals surface area contributed by atoms with Gasteiger partial charge in [0.1, 0.15) is 6.54 Å². The highest BCUT2D eigenvalue weighted by Crippen LogP contribution is 2.35. The molecule has 0 unspecified atom stereocenters. The minimum Gasteiger partial charge on any atom is -0.454 e. The van der Waals surface area contributed by atoms with Crippen LogP contribution in [-0.2, 0) is 23.9 Å². The lowest BCUT2D eigenvalue weighted by molar-refractivity contribution is -0.154. The molecule has 176 valence electrons. The molecule has 2 atom stereocenters. The number of amides is 3. The van der Waals surface area contributed by atoms with E-state index in [9.17, 15) is 28.8 Å². The first kappa shape index (κ1) is 22.4. The number of likely N-dealkylation sites (tertiary alicyclic amines) is 1. The molecular weight excluding hydrogens is 452 g/mol. The van der Waals surface area contributed by atoms with E-state index in [0.717, 1.165) is 4.90 Å². The molecule has 1 aliphatic heterocycles. The van der Waals surface area contributed by atoms with Crippen LogP contribution in [0.1, 0.15) is 44.7 Å². The Morgan fingerprint density at radius 2 is 1.43 bits per heavy atom. The molecule has 2 aromatic carbocycles. The number of carbonyl (C=O) groups is 6. The van der Waals surface area contributed by atoms with E-state index >= 15 is 0 Å². The Labute approximate surface area is 199 Å². The van der Waals surface area contributed by atoms with Gasteiger partial charge in [-0.15, -0.1) is 0 Å². The summed E-state index contributed by atoms with van der Waals surface area (Å²) in [5, 5.41) is 2.51. The maximum atomic E-state index is 13.0. The third kappa shape index (κ3) is 3.84. The minimum atomic E-state index is -0.899. The molecule has 1 heterocycles. The molecule has 35 heavy (non-hydrogen) atoms. The zero-order chi connectivity index (χ0) is 24.7. The van der Waals surface area contributed by atoms with Crippen LogP contribution in [0.4, 0.5) is 5.69 Å². The number of hydrogen-bond donors (Lipinski definition) is 1. The summed E-state index contributed by atoms with van der Waals surface area (Å²) >= 11 is 0. The number of carbonyl (C=O) groups excluding carboxylic acids is 6. The predicted octanol–water partition coefficient (Wildman–Crippen LogP) is 1.89. The molecule has 1 N–H and O–H groups in total. The Kier molecular flexibility index (Phi) is 5.60. The zero-order valence-electron chi connectivity index (χ0n) is 18.5. The van der Waals surface area contributed by atoms with Gasteiger partial charge in [0.2, 0.25) is 11.8 Å². The number of nitrogens with one attached hydrogen (secondary N) is 1. The molecule has 0 radical (unpaired) electrons. The molecular formula is C26H20N2O7. The van der Waals surface area contributed by atoms with Gasteiger partial charge in [0.25, 0.3) is 5.91 Å². The standard InChI is InChI=1S/C26H20N2O7/c29-20(13-35-21(30)12-28-25(33)16-8-3-4-9-17(16)26(28)34)27-19-11-5-10-18-22(19)24(32)15-7-2-1-6-14(15)23(18)31/h1-7,10-11,16-17H,8-9,12-13H2,(H,27,29)/t16-,17-/m0/s1. The number of nitrogens with zero attached hydrogens (tertiary/aromatic N) is 1. The van der Waals surface area contributed by atoms with Crippen molar-refractivity contribution in [2.45, 2.75) is 12.8 Å². The van der Waals surface area contributed by atoms with Crippen LogP contribution in [0.15, 0.2) is 54.6 Å². The summed E-state index contributed by atoms with van der Waals surface area (Å²) in [7, 11) is 0. The number of imide groups is 1. The normalized spacial score (nSPS) is 20.3. The van der Waals surface area contributed by atoms with E-state index in [1.54, 1.807) is 30.3 Å². The first-order valence-electron chi connectivity index (χ1n) is 11.1. The maximum Gasteiger partial charge on any atom is 0.326 e. The summed E-state index contributed by atoms with van der Waals surface area (Å²) in [5.41, 5.74) is 0.904. The van der Waals surface area contributed by atoms with E-state index in [2.05, 4.69) is 5.32 Å². The lowest BCUT2D eigenvalue weighted by Gasteiger charge is -2.20. The topological polar surface area (TPSA) is 127 Å². The molecule has 9 heteroatoms. The van der Waals surface area contributed by atoms with Gasteiger partial charge in [-0.05, 0) is 18.9 Å². The van der Waals surface area contributed by atoms with Crippen molar-refractivity contribution in [2.24, 2.45) is 11.8 Å². The number of rotatable bonds is 5. The van der Waals surface area contributed by atoms with E-state index in [-0.39, 0.29) is 28.2 Å². The molecule has 9 nitrogen and oxygen atoms in total. The molecule has 2 aromatic rings. The van der Waals surface area contributed by atoms with Crippen LogP contribution in [0.5, 0.6) is 0 Å². The SMILES string of the molecule is O=C(COC(=O)CN1C(=O)[C@H]2CC=CC[C@@H]2C1=O)Nc1cccc2c1C(=O)c1ccccc1C2=O. The Morgan fingerprint density at radius 1 is 0.829 bits per heavy atom. The predicted molar refractivity (Wildman–Crippen MR) is 121 cm³/mol. The van der Waals surface area contributed by atoms with E-state index in [1.807, 2.05) is 12.2 Å². The van der Waals surface area contributed by atoms with Crippen molar-refractivity contribution >= 4 is 40.9 Å². The van der Waals surface area contributed by atoms with Crippen LogP contribution in [-0.4, -0.2) is 53.3 Å². The lowest BCUT2D eigenvalue weighted by Crippen LogP contribution is -2.37. The third-order valence-electron chi connectivity index (χ3n) is 6.48. The van der Waals surface area contributed by atoms with Crippen molar-refractivity contribution in [3.8, 4) is 0 Å². The van der Waals surface area contributed by atoms with Crippen molar-refractivity contribution in [1.29, 1.82) is 0 Å². The van der Waals surface area contributed by atoms with E-state index in [0.29, 0.717) is 18.4 Å². The van der Waals surface area contributed by atoms with Gasteiger partial charge in [0.05, 0.1) is 23.1 Å². The van der Waals surface area contributed by atoms with Crippen molar-refractivity contribution in [2.75, 3.05) is 18.5 Å². The van der Waals surface area contributed by atoms with Gasteiger partial charge in [0.15, 0.2) is 18.2 Å². The molecule has 1 saturated heterocycles. The fraction of sp³-hybridized carbons (Fsp3) is 0.231. The number of ether oxygens (including phenoxy) is 1. The maximum absolute atomic E-state index is 13.0. The average Bonchev–Trinajstić information content (AvgIpc) is 3.11. The van der Waals surface area contributed by atoms with Crippen LogP contribution in [0.3, 0.4) is 0 Å². The third-order valence-corrected chi connectivity index (χ3v) is 6.48. The van der Waals surface area contributed by atoms with Crippen LogP contribution in [0.25, 0.3) is 0 Å². The Bertz CT molecular complexity index is 1320. The van der Waals surface area contributed by atoms with Crippen molar-refractivity contribution in [1.82, 2.24) is 4.90 Å². The van der Waals surface area contributed by atoms with E-state index < -0.39 is 54.5 Å². The molecule has 2 aliphatic carbocycles.